The summed E-state index contributed by atoms with van der Waals surface area (Å²) >= 11 is 0. The van der Waals surface area contributed by atoms with Crippen molar-refractivity contribution in [1.29, 1.82) is 0 Å². The molecule has 1 saturated carbocycles. The lowest BCUT2D eigenvalue weighted by Gasteiger charge is -2.26. The number of nitrogens with one attached hydrogen (secondary N) is 1. The standard InChI is InChI=1S/C15H29NO3/c1-2-19-14(18)8-4-3-7-11-16-12-15(13-17)9-5-6-10-15/h16-17H,2-13H2,1H3. The minimum absolute atomic E-state index is 0.0827. The summed E-state index contributed by atoms with van der Waals surface area (Å²) in [6, 6.07) is 0. The van der Waals surface area contributed by atoms with Gasteiger partial charge < -0.3 is 15.2 Å². The number of carbonyl (C=O) groups excluding carboxylic acids is 1. The van der Waals surface area contributed by atoms with E-state index in [1.54, 1.807) is 0 Å². The van der Waals surface area contributed by atoms with Crippen LogP contribution in [0.2, 0.25) is 0 Å². The molecule has 1 fully saturated rings. The van der Waals surface area contributed by atoms with Gasteiger partial charge in [0, 0.05) is 25.0 Å². The largest absolute Gasteiger partial charge is 0.466 e. The Morgan fingerprint density at radius 2 is 2.00 bits per heavy atom. The molecule has 0 aromatic rings. The highest BCUT2D eigenvalue weighted by Gasteiger charge is 2.32. The first kappa shape index (κ1) is 16.4. The number of hydrogen-bond acceptors (Lipinski definition) is 4. The zero-order chi connectivity index (χ0) is 14.0. The molecule has 0 heterocycles. The van der Waals surface area contributed by atoms with E-state index < -0.39 is 0 Å². The topological polar surface area (TPSA) is 58.6 Å². The van der Waals surface area contributed by atoms with Gasteiger partial charge in [-0.15, -0.1) is 0 Å². The van der Waals surface area contributed by atoms with E-state index in [0.717, 1.165) is 45.2 Å². The van der Waals surface area contributed by atoms with Crippen LogP contribution in [0.25, 0.3) is 0 Å². The molecular formula is C15H29NO3. The van der Waals surface area contributed by atoms with Crippen LogP contribution in [0.3, 0.4) is 0 Å². The van der Waals surface area contributed by atoms with Gasteiger partial charge in [0.1, 0.15) is 0 Å². The third-order valence-corrected chi connectivity index (χ3v) is 4.04. The molecule has 0 atom stereocenters. The van der Waals surface area contributed by atoms with Gasteiger partial charge in [0.25, 0.3) is 0 Å². The van der Waals surface area contributed by atoms with Gasteiger partial charge >= 0.3 is 5.97 Å². The molecule has 2 N–H and O–H groups in total. The molecule has 112 valence electrons. The molecule has 0 radical (unpaired) electrons. The SMILES string of the molecule is CCOC(=O)CCCCCNCC1(CO)CCCC1. The number of aliphatic hydroxyl groups excluding tert-OH is 1. The summed E-state index contributed by atoms with van der Waals surface area (Å²) in [4.78, 5) is 11.1. The minimum Gasteiger partial charge on any atom is -0.466 e. The van der Waals surface area contributed by atoms with Crippen LogP contribution in [0.5, 0.6) is 0 Å². The Morgan fingerprint density at radius 1 is 1.26 bits per heavy atom. The first-order valence-corrected chi connectivity index (χ1v) is 7.70. The number of unbranched alkanes of at least 4 members (excludes halogenated alkanes) is 2. The van der Waals surface area contributed by atoms with Gasteiger partial charge in [-0.25, -0.2) is 0 Å². The Labute approximate surface area is 116 Å². The van der Waals surface area contributed by atoms with Crippen LogP contribution in [0.1, 0.15) is 58.3 Å². The Morgan fingerprint density at radius 3 is 2.63 bits per heavy atom. The second-order valence-corrected chi connectivity index (χ2v) is 5.66. The predicted octanol–water partition coefficient (Wildman–Crippen LogP) is 2.25. The Balaban J connectivity index is 1.95. The molecular weight excluding hydrogens is 242 g/mol. The zero-order valence-electron chi connectivity index (χ0n) is 12.2. The van der Waals surface area contributed by atoms with Crippen molar-refractivity contribution in [2.24, 2.45) is 5.41 Å². The number of carbonyl (C=O) groups is 1. The summed E-state index contributed by atoms with van der Waals surface area (Å²) in [6.45, 7) is 4.53. The van der Waals surface area contributed by atoms with E-state index in [1.165, 1.54) is 12.8 Å². The van der Waals surface area contributed by atoms with Gasteiger partial charge in [-0.2, -0.15) is 0 Å². The molecule has 0 unspecified atom stereocenters. The highest BCUT2D eigenvalue weighted by atomic mass is 16.5. The molecule has 0 spiro atoms. The Kier molecular flexibility index (Phi) is 8.07. The second kappa shape index (κ2) is 9.32. The van der Waals surface area contributed by atoms with E-state index in [2.05, 4.69) is 5.32 Å². The van der Waals surface area contributed by atoms with Crippen molar-refractivity contribution >= 4 is 5.97 Å². The van der Waals surface area contributed by atoms with E-state index in [4.69, 9.17) is 4.74 Å². The number of hydrogen-bond donors (Lipinski definition) is 2. The average molecular weight is 271 g/mol. The summed E-state index contributed by atoms with van der Waals surface area (Å²) in [5.74, 6) is -0.0827. The molecule has 1 aliphatic carbocycles. The molecule has 0 saturated heterocycles. The zero-order valence-corrected chi connectivity index (χ0v) is 12.2. The van der Waals surface area contributed by atoms with Crippen molar-refractivity contribution < 1.29 is 14.6 Å². The third kappa shape index (κ3) is 6.39. The fourth-order valence-corrected chi connectivity index (χ4v) is 2.80. The Hall–Kier alpha value is -0.610. The lowest BCUT2D eigenvalue weighted by atomic mass is 9.87. The fraction of sp³-hybridized carbons (Fsp3) is 0.933. The summed E-state index contributed by atoms with van der Waals surface area (Å²) in [6.07, 6.45) is 8.39. The van der Waals surface area contributed by atoms with Gasteiger partial charge in [0.05, 0.1) is 6.61 Å². The summed E-state index contributed by atoms with van der Waals surface area (Å²) in [5, 5.41) is 12.9. The van der Waals surface area contributed by atoms with Crippen LogP contribution >= 0.6 is 0 Å². The normalized spacial score (nSPS) is 17.6. The molecule has 0 amide bonds. The van der Waals surface area contributed by atoms with Gasteiger partial charge in [0.2, 0.25) is 0 Å². The van der Waals surface area contributed by atoms with Crippen LogP contribution in [-0.4, -0.2) is 37.4 Å². The summed E-state index contributed by atoms with van der Waals surface area (Å²) in [7, 11) is 0. The molecule has 0 aliphatic heterocycles. The van der Waals surface area contributed by atoms with E-state index in [9.17, 15) is 9.90 Å². The number of esters is 1. The fourth-order valence-electron chi connectivity index (χ4n) is 2.80. The van der Waals surface area contributed by atoms with E-state index in [0.29, 0.717) is 19.6 Å². The lowest BCUT2D eigenvalue weighted by molar-refractivity contribution is -0.143. The molecule has 4 heteroatoms. The molecule has 0 aromatic heterocycles. The highest BCUT2D eigenvalue weighted by Crippen LogP contribution is 2.36. The lowest BCUT2D eigenvalue weighted by Crippen LogP contribution is -2.35. The minimum atomic E-state index is -0.0827. The quantitative estimate of drug-likeness (QED) is 0.472. The monoisotopic (exact) mass is 271 g/mol. The number of rotatable bonds is 10. The van der Waals surface area contributed by atoms with Crippen LogP contribution in [0.4, 0.5) is 0 Å². The van der Waals surface area contributed by atoms with Crippen LogP contribution in [0, 0.1) is 5.41 Å². The average Bonchev–Trinajstić information content (AvgIpc) is 2.87. The predicted molar refractivity (Wildman–Crippen MR) is 76.0 cm³/mol. The highest BCUT2D eigenvalue weighted by molar-refractivity contribution is 5.69. The van der Waals surface area contributed by atoms with Crippen LogP contribution < -0.4 is 5.32 Å². The Bertz CT molecular complexity index is 250. The van der Waals surface area contributed by atoms with Gasteiger partial charge in [-0.05, 0) is 39.2 Å². The van der Waals surface area contributed by atoms with Crippen LogP contribution in [-0.2, 0) is 9.53 Å². The number of ether oxygens (including phenoxy) is 1. The van der Waals surface area contributed by atoms with Gasteiger partial charge in [-0.1, -0.05) is 19.3 Å². The maximum atomic E-state index is 11.1. The molecule has 4 nitrogen and oxygen atoms in total. The van der Waals surface area contributed by atoms with E-state index in [-0.39, 0.29) is 11.4 Å². The van der Waals surface area contributed by atoms with Crippen molar-refractivity contribution in [2.45, 2.75) is 58.3 Å². The smallest absolute Gasteiger partial charge is 0.305 e. The van der Waals surface area contributed by atoms with Crippen molar-refractivity contribution in [3.8, 4) is 0 Å². The maximum Gasteiger partial charge on any atom is 0.305 e. The summed E-state index contributed by atoms with van der Waals surface area (Å²) in [5.41, 5.74) is 0.144. The second-order valence-electron chi connectivity index (χ2n) is 5.66. The van der Waals surface area contributed by atoms with Crippen molar-refractivity contribution in [3.63, 3.8) is 0 Å². The first-order valence-electron chi connectivity index (χ1n) is 7.70. The van der Waals surface area contributed by atoms with Gasteiger partial charge in [0.15, 0.2) is 0 Å². The molecule has 0 bridgehead atoms. The third-order valence-electron chi connectivity index (χ3n) is 4.04. The maximum absolute atomic E-state index is 11.1. The van der Waals surface area contributed by atoms with E-state index in [1.807, 2.05) is 6.92 Å². The van der Waals surface area contributed by atoms with Crippen molar-refractivity contribution in [2.75, 3.05) is 26.3 Å². The van der Waals surface area contributed by atoms with Crippen molar-refractivity contribution in [3.05, 3.63) is 0 Å². The summed E-state index contributed by atoms with van der Waals surface area (Å²) < 4.78 is 4.88. The number of aliphatic hydroxyl groups is 1. The van der Waals surface area contributed by atoms with E-state index >= 15 is 0 Å². The molecule has 1 aliphatic rings. The molecule has 0 aromatic carbocycles. The van der Waals surface area contributed by atoms with Crippen molar-refractivity contribution in [1.82, 2.24) is 5.32 Å². The molecule has 19 heavy (non-hydrogen) atoms. The molecule has 1 rings (SSSR count). The van der Waals surface area contributed by atoms with Gasteiger partial charge in [-0.3, -0.25) is 4.79 Å². The van der Waals surface area contributed by atoms with Crippen LogP contribution in [0.15, 0.2) is 0 Å². The first-order chi connectivity index (χ1) is 9.22.